The number of amides is 3. The van der Waals surface area contributed by atoms with Gasteiger partial charge in [-0.2, -0.15) is 0 Å². The largest absolute Gasteiger partial charge is 0.396 e. The third kappa shape index (κ3) is 3.23. The number of hydrogen-bond donors (Lipinski definition) is 3. The molecular weight excluding hydrogens is 350 g/mol. The summed E-state index contributed by atoms with van der Waals surface area (Å²) in [5, 5.41) is 14.7. The molecule has 3 fully saturated rings. The first kappa shape index (κ1) is 20.1. The summed E-state index contributed by atoms with van der Waals surface area (Å²) in [5.74, 6) is -1.80. The first-order valence-corrected chi connectivity index (χ1v) is 9.79. The molecule has 2 bridgehead atoms. The summed E-state index contributed by atoms with van der Waals surface area (Å²) in [6.07, 6.45) is 2.10. The van der Waals surface area contributed by atoms with E-state index < -0.39 is 29.0 Å². The number of fused-ring (bicyclic) bond motifs is 1. The molecule has 0 aliphatic carbocycles. The highest BCUT2D eigenvalue weighted by molar-refractivity contribution is 5.99. The molecule has 8 nitrogen and oxygen atoms in total. The highest BCUT2D eigenvalue weighted by Gasteiger charge is 2.74. The molecule has 3 saturated heterocycles. The number of aliphatic hydroxyl groups is 1. The van der Waals surface area contributed by atoms with Crippen LogP contribution in [0.1, 0.15) is 46.5 Å². The molecule has 0 radical (unpaired) electrons. The number of nitrogens with zero attached hydrogens (tertiary/aromatic N) is 1. The first-order valence-electron chi connectivity index (χ1n) is 9.79. The monoisotopic (exact) mass is 381 g/mol. The Morgan fingerprint density at radius 1 is 1.30 bits per heavy atom. The lowest BCUT2D eigenvalue weighted by molar-refractivity contribution is -0.142. The van der Waals surface area contributed by atoms with Crippen molar-refractivity contribution in [3.63, 3.8) is 0 Å². The Hall–Kier alpha value is -1.67. The lowest BCUT2D eigenvalue weighted by atomic mass is 9.70. The Labute approximate surface area is 160 Å². The van der Waals surface area contributed by atoms with E-state index in [0.29, 0.717) is 32.2 Å². The molecule has 3 amide bonds. The van der Waals surface area contributed by atoms with Crippen LogP contribution < -0.4 is 10.6 Å². The molecule has 3 aliphatic heterocycles. The fraction of sp³-hybridized carbons (Fsp3) is 0.842. The van der Waals surface area contributed by atoms with Crippen LogP contribution in [0.4, 0.5) is 0 Å². The molecule has 3 rings (SSSR count). The van der Waals surface area contributed by atoms with Gasteiger partial charge in [0, 0.05) is 25.7 Å². The van der Waals surface area contributed by atoms with Gasteiger partial charge in [0.2, 0.25) is 17.7 Å². The third-order valence-corrected chi connectivity index (χ3v) is 5.90. The van der Waals surface area contributed by atoms with Crippen LogP contribution in [0, 0.1) is 11.8 Å². The van der Waals surface area contributed by atoms with Crippen LogP contribution in [0.3, 0.4) is 0 Å². The predicted molar refractivity (Wildman–Crippen MR) is 97.6 cm³/mol. The molecule has 152 valence electrons. The van der Waals surface area contributed by atoms with Gasteiger partial charge < -0.3 is 25.4 Å². The van der Waals surface area contributed by atoms with Crippen molar-refractivity contribution in [3.05, 3.63) is 0 Å². The Morgan fingerprint density at radius 2 is 2.00 bits per heavy atom. The highest BCUT2D eigenvalue weighted by atomic mass is 16.5. The van der Waals surface area contributed by atoms with E-state index in [4.69, 9.17) is 9.84 Å². The van der Waals surface area contributed by atoms with Crippen LogP contribution in [0.25, 0.3) is 0 Å². The number of aliphatic hydroxyl groups excluding tert-OH is 1. The summed E-state index contributed by atoms with van der Waals surface area (Å²) < 4.78 is 6.24. The van der Waals surface area contributed by atoms with Gasteiger partial charge in [-0.15, -0.1) is 0 Å². The molecule has 0 aromatic heterocycles. The maximum Gasteiger partial charge on any atom is 0.246 e. The van der Waals surface area contributed by atoms with Crippen LogP contribution >= 0.6 is 0 Å². The van der Waals surface area contributed by atoms with E-state index in [9.17, 15) is 14.4 Å². The van der Waals surface area contributed by atoms with Gasteiger partial charge in [-0.3, -0.25) is 14.4 Å². The minimum atomic E-state index is -0.937. The minimum absolute atomic E-state index is 0.0366. The van der Waals surface area contributed by atoms with Crippen molar-refractivity contribution in [1.29, 1.82) is 0 Å². The van der Waals surface area contributed by atoms with Crippen LogP contribution in [-0.4, -0.2) is 71.2 Å². The summed E-state index contributed by atoms with van der Waals surface area (Å²) in [4.78, 5) is 40.5. The number of carbonyl (C=O) groups excluding carboxylic acids is 3. The van der Waals surface area contributed by atoms with E-state index in [0.717, 1.165) is 0 Å². The Kier molecular flexibility index (Phi) is 5.24. The van der Waals surface area contributed by atoms with E-state index in [2.05, 4.69) is 10.6 Å². The van der Waals surface area contributed by atoms with Crippen molar-refractivity contribution in [3.8, 4) is 0 Å². The summed E-state index contributed by atoms with van der Waals surface area (Å²) in [6, 6.07) is -0.743. The maximum absolute atomic E-state index is 13.3. The molecule has 1 spiro atoms. The lowest BCUT2D eigenvalue weighted by Crippen LogP contribution is -2.58. The fourth-order valence-electron chi connectivity index (χ4n) is 4.99. The highest BCUT2D eigenvalue weighted by Crippen LogP contribution is 2.58. The van der Waals surface area contributed by atoms with Crippen molar-refractivity contribution >= 4 is 17.7 Å². The molecule has 8 heteroatoms. The van der Waals surface area contributed by atoms with Gasteiger partial charge >= 0.3 is 0 Å². The van der Waals surface area contributed by atoms with Crippen molar-refractivity contribution in [2.75, 3.05) is 20.2 Å². The molecule has 2 unspecified atom stereocenters. The van der Waals surface area contributed by atoms with Crippen molar-refractivity contribution in [2.24, 2.45) is 11.8 Å². The van der Waals surface area contributed by atoms with Gasteiger partial charge in [0.15, 0.2) is 0 Å². The predicted octanol–water partition coefficient (Wildman–Crippen LogP) is -0.206. The lowest BCUT2D eigenvalue weighted by Gasteiger charge is -2.35. The minimum Gasteiger partial charge on any atom is -0.396 e. The molecule has 3 N–H and O–H groups in total. The SMILES string of the molecule is CNC(=O)[C@@H]1[C@H]2C(=O)N(CCCCO)C(C(=O)NC(C)(C)C)C23CC[C@H]1O3. The van der Waals surface area contributed by atoms with E-state index in [-0.39, 0.29) is 30.4 Å². The van der Waals surface area contributed by atoms with Gasteiger partial charge in [-0.05, 0) is 46.5 Å². The number of unbranched alkanes of at least 4 members (excludes halogenated alkanes) is 1. The molecule has 0 aromatic carbocycles. The van der Waals surface area contributed by atoms with Gasteiger partial charge in [0.1, 0.15) is 11.6 Å². The van der Waals surface area contributed by atoms with Crippen molar-refractivity contribution in [2.45, 2.75) is 69.7 Å². The summed E-state index contributed by atoms with van der Waals surface area (Å²) in [5.41, 5.74) is -1.38. The van der Waals surface area contributed by atoms with Gasteiger partial charge in [-0.25, -0.2) is 0 Å². The quantitative estimate of drug-likeness (QED) is 0.552. The molecular formula is C19H31N3O5. The van der Waals surface area contributed by atoms with Crippen LogP contribution in [-0.2, 0) is 19.1 Å². The maximum atomic E-state index is 13.3. The van der Waals surface area contributed by atoms with E-state index >= 15 is 0 Å². The van der Waals surface area contributed by atoms with Crippen LogP contribution in [0.2, 0.25) is 0 Å². The Morgan fingerprint density at radius 3 is 2.59 bits per heavy atom. The second-order valence-electron chi connectivity index (χ2n) is 8.87. The summed E-state index contributed by atoms with van der Waals surface area (Å²) >= 11 is 0. The van der Waals surface area contributed by atoms with Crippen molar-refractivity contribution in [1.82, 2.24) is 15.5 Å². The number of nitrogens with one attached hydrogen (secondary N) is 2. The van der Waals surface area contributed by atoms with Crippen LogP contribution in [0.5, 0.6) is 0 Å². The van der Waals surface area contributed by atoms with Gasteiger partial charge in [0.05, 0.1) is 17.9 Å². The molecule has 27 heavy (non-hydrogen) atoms. The number of ether oxygens (including phenoxy) is 1. The average Bonchev–Trinajstić information content (AvgIpc) is 3.21. The van der Waals surface area contributed by atoms with Gasteiger partial charge in [-0.1, -0.05) is 0 Å². The second kappa shape index (κ2) is 7.05. The zero-order valence-corrected chi connectivity index (χ0v) is 16.6. The topological polar surface area (TPSA) is 108 Å². The Balaban J connectivity index is 1.96. The third-order valence-electron chi connectivity index (χ3n) is 5.90. The molecule has 3 aliphatic rings. The van der Waals surface area contributed by atoms with Crippen LogP contribution in [0.15, 0.2) is 0 Å². The molecule has 5 atom stereocenters. The van der Waals surface area contributed by atoms with E-state index in [1.807, 2.05) is 20.8 Å². The number of hydrogen-bond acceptors (Lipinski definition) is 5. The second-order valence-corrected chi connectivity index (χ2v) is 8.87. The van der Waals surface area contributed by atoms with Gasteiger partial charge in [0.25, 0.3) is 0 Å². The first-order chi connectivity index (χ1) is 12.7. The van der Waals surface area contributed by atoms with E-state index in [1.165, 1.54) is 0 Å². The number of rotatable bonds is 6. The number of likely N-dealkylation sites (tertiary alicyclic amines) is 1. The number of carbonyl (C=O) groups is 3. The summed E-state index contributed by atoms with van der Waals surface area (Å²) in [6.45, 7) is 6.09. The van der Waals surface area contributed by atoms with Crippen molar-refractivity contribution < 1.29 is 24.2 Å². The fourth-order valence-corrected chi connectivity index (χ4v) is 4.99. The smallest absolute Gasteiger partial charge is 0.246 e. The normalized spacial score (nSPS) is 34.7. The zero-order chi connectivity index (χ0) is 20.0. The standard InChI is InChI=1S/C19H31N3O5/c1-18(2,3)21-16(25)14-19-8-7-11(27-19)12(15(24)20-4)13(19)17(26)22(14)9-5-6-10-23/h11-14,23H,5-10H2,1-4H3,(H,20,24)(H,21,25)/t11-,12+,13+,14?,19?/m1/s1. The summed E-state index contributed by atoms with van der Waals surface area (Å²) in [7, 11) is 1.56. The molecule has 0 aromatic rings. The molecule has 0 saturated carbocycles. The molecule has 3 heterocycles. The zero-order valence-electron chi connectivity index (χ0n) is 16.6. The van der Waals surface area contributed by atoms with E-state index in [1.54, 1.807) is 11.9 Å². The average molecular weight is 381 g/mol. The Bertz CT molecular complexity index is 631.